The zero-order chi connectivity index (χ0) is 20.5. The van der Waals surface area contributed by atoms with Gasteiger partial charge in [-0.25, -0.2) is 9.67 Å². The second-order valence-corrected chi connectivity index (χ2v) is 6.89. The third-order valence-electron chi connectivity index (χ3n) is 5.14. The molecule has 1 aliphatic rings. The van der Waals surface area contributed by atoms with Crippen LogP contribution in [0.5, 0.6) is 5.88 Å². The minimum atomic E-state index is 0.465. The minimum absolute atomic E-state index is 0.465. The van der Waals surface area contributed by atoms with Crippen molar-refractivity contribution in [3.8, 4) is 23.0 Å². The number of morpholine rings is 1. The van der Waals surface area contributed by atoms with Crippen LogP contribution in [0.4, 0.5) is 5.82 Å². The highest BCUT2D eigenvalue weighted by atomic mass is 16.5. The lowest BCUT2D eigenvalue weighted by molar-refractivity contribution is 0.122. The Hall–Kier alpha value is -3.53. The van der Waals surface area contributed by atoms with Gasteiger partial charge in [0.15, 0.2) is 17.0 Å². The zero-order valence-electron chi connectivity index (χ0n) is 16.9. The summed E-state index contributed by atoms with van der Waals surface area (Å²) in [5.41, 5.74) is 3.30. The van der Waals surface area contributed by atoms with Crippen molar-refractivity contribution in [2.45, 2.75) is 13.5 Å². The maximum atomic E-state index is 5.51. The van der Waals surface area contributed by atoms with Crippen molar-refractivity contribution in [1.29, 1.82) is 0 Å². The quantitative estimate of drug-likeness (QED) is 0.496. The van der Waals surface area contributed by atoms with Crippen LogP contribution in [0.3, 0.4) is 0 Å². The molecular weight excluding hydrogens is 384 g/mol. The molecule has 0 amide bonds. The third kappa shape index (κ3) is 3.14. The zero-order valence-corrected chi connectivity index (χ0v) is 16.9. The molecule has 4 aromatic rings. The van der Waals surface area contributed by atoms with Crippen molar-refractivity contribution in [3.63, 3.8) is 0 Å². The van der Waals surface area contributed by atoms with Gasteiger partial charge in [0.2, 0.25) is 5.88 Å². The van der Waals surface area contributed by atoms with E-state index >= 15 is 0 Å². The van der Waals surface area contributed by atoms with E-state index in [1.54, 1.807) is 30.5 Å². The number of aromatic nitrogens is 7. The van der Waals surface area contributed by atoms with Gasteiger partial charge >= 0.3 is 0 Å². The Morgan fingerprint density at radius 3 is 2.80 bits per heavy atom. The summed E-state index contributed by atoms with van der Waals surface area (Å²) >= 11 is 0. The molecule has 5 heterocycles. The second kappa shape index (κ2) is 7.71. The standard InChI is InChI=1S/C20H22N8O2/c1-3-26-13-22-16-17(26)23-20(24-18(16)27-7-9-30-10-8-27)28-12-15(19(25-28)29-2)14-5-4-6-21-11-14/h4-6,11-13H,3,7-10H2,1-2H3. The normalized spacial score (nSPS) is 14.4. The van der Waals surface area contributed by atoms with Crippen LogP contribution in [0, 0.1) is 0 Å². The van der Waals surface area contributed by atoms with Gasteiger partial charge in [0.1, 0.15) is 0 Å². The molecule has 1 fully saturated rings. The molecule has 10 nitrogen and oxygen atoms in total. The van der Waals surface area contributed by atoms with E-state index in [1.807, 2.05) is 22.9 Å². The first kappa shape index (κ1) is 18.5. The first-order chi connectivity index (χ1) is 14.8. The number of nitrogens with zero attached hydrogens (tertiary/aromatic N) is 8. The number of methoxy groups -OCH3 is 1. The number of pyridine rings is 1. The van der Waals surface area contributed by atoms with E-state index in [-0.39, 0.29) is 0 Å². The van der Waals surface area contributed by atoms with Crippen LogP contribution >= 0.6 is 0 Å². The van der Waals surface area contributed by atoms with Crippen LogP contribution in [-0.2, 0) is 11.3 Å². The number of imidazole rings is 1. The minimum Gasteiger partial charge on any atom is -0.479 e. The predicted molar refractivity (Wildman–Crippen MR) is 111 cm³/mol. The number of rotatable bonds is 5. The van der Waals surface area contributed by atoms with Crippen molar-refractivity contribution < 1.29 is 9.47 Å². The number of ether oxygens (including phenoxy) is 2. The van der Waals surface area contributed by atoms with E-state index in [2.05, 4.69) is 26.9 Å². The number of anilines is 1. The maximum absolute atomic E-state index is 5.51. The summed E-state index contributed by atoms with van der Waals surface area (Å²) in [4.78, 5) is 20.6. The summed E-state index contributed by atoms with van der Waals surface area (Å²) in [6.45, 7) is 5.67. The molecule has 0 saturated carbocycles. The van der Waals surface area contributed by atoms with E-state index in [1.165, 1.54) is 0 Å². The maximum Gasteiger partial charge on any atom is 0.254 e. The second-order valence-electron chi connectivity index (χ2n) is 6.89. The highest BCUT2D eigenvalue weighted by molar-refractivity contribution is 5.84. The van der Waals surface area contributed by atoms with Crippen LogP contribution < -0.4 is 9.64 Å². The van der Waals surface area contributed by atoms with Gasteiger partial charge in [0, 0.05) is 43.8 Å². The summed E-state index contributed by atoms with van der Waals surface area (Å²) < 4.78 is 14.7. The molecule has 154 valence electrons. The van der Waals surface area contributed by atoms with Gasteiger partial charge in [-0.3, -0.25) is 4.98 Å². The van der Waals surface area contributed by atoms with Crippen LogP contribution in [0.15, 0.2) is 37.1 Å². The molecular formula is C20H22N8O2. The molecule has 10 heteroatoms. The van der Waals surface area contributed by atoms with Gasteiger partial charge in [-0.2, -0.15) is 9.97 Å². The highest BCUT2D eigenvalue weighted by Gasteiger charge is 2.22. The molecule has 1 saturated heterocycles. The van der Waals surface area contributed by atoms with Gasteiger partial charge in [0.05, 0.1) is 32.2 Å². The van der Waals surface area contributed by atoms with Crippen molar-refractivity contribution in [1.82, 2.24) is 34.3 Å². The van der Waals surface area contributed by atoms with E-state index in [4.69, 9.17) is 19.4 Å². The van der Waals surface area contributed by atoms with Gasteiger partial charge < -0.3 is 18.9 Å². The Balaban J connectivity index is 1.66. The number of aryl methyl sites for hydroxylation is 1. The van der Waals surface area contributed by atoms with Gasteiger partial charge in [-0.05, 0) is 13.0 Å². The van der Waals surface area contributed by atoms with E-state index in [0.29, 0.717) is 25.0 Å². The number of hydrogen-bond acceptors (Lipinski definition) is 8. The van der Waals surface area contributed by atoms with E-state index < -0.39 is 0 Å². The van der Waals surface area contributed by atoms with Crippen LogP contribution in [0.25, 0.3) is 28.2 Å². The molecule has 1 aliphatic heterocycles. The van der Waals surface area contributed by atoms with Crippen LogP contribution in [0.2, 0.25) is 0 Å². The largest absolute Gasteiger partial charge is 0.479 e. The molecule has 5 rings (SSSR count). The average Bonchev–Trinajstić information content (AvgIpc) is 3.43. The van der Waals surface area contributed by atoms with Crippen molar-refractivity contribution in [2.24, 2.45) is 0 Å². The van der Waals surface area contributed by atoms with Crippen LogP contribution in [-0.4, -0.2) is 67.7 Å². The summed E-state index contributed by atoms with van der Waals surface area (Å²) in [6, 6.07) is 3.84. The monoisotopic (exact) mass is 406 g/mol. The first-order valence-electron chi connectivity index (χ1n) is 9.88. The molecule has 0 radical (unpaired) electrons. The molecule has 0 bridgehead atoms. The molecule has 30 heavy (non-hydrogen) atoms. The Morgan fingerprint density at radius 1 is 1.20 bits per heavy atom. The van der Waals surface area contributed by atoms with Gasteiger partial charge in [-0.1, -0.05) is 6.07 Å². The Labute approximate surface area is 173 Å². The lowest BCUT2D eigenvalue weighted by Gasteiger charge is -2.28. The molecule has 4 aromatic heterocycles. The summed E-state index contributed by atoms with van der Waals surface area (Å²) in [6.07, 6.45) is 7.18. The fourth-order valence-electron chi connectivity index (χ4n) is 3.58. The SMILES string of the molecule is CCn1cnc2c(N3CCOCC3)nc(-n3cc(-c4cccnc4)c(OC)n3)nc21. The smallest absolute Gasteiger partial charge is 0.254 e. The molecule has 0 spiro atoms. The van der Waals surface area contributed by atoms with Crippen molar-refractivity contribution in [3.05, 3.63) is 37.1 Å². The van der Waals surface area contributed by atoms with Gasteiger partial charge in [-0.15, -0.1) is 5.10 Å². The van der Waals surface area contributed by atoms with Crippen molar-refractivity contribution >= 4 is 17.0 Å². The fourth-order valence-corrected chi connectivity index (χ4v) is 3.58. The first-order valence-corrected chi connectivity index (χ1v) is 9.88. The lowest BCUT2D eigenvalue weighted by Crippen LogP contribution is -2.37. The average molecular weight is 406 g/mol. The Morgan fingerprint density at radius 2 is 2.07 bits per heavy atom. The molecule has 0 aliphatic carbocycles. The summed E-state index contributed by atoms with van der Waals surface area (Å²) in [7, 11) is 1.60. The van der Waals surface area contributed by atoms with Gasteiger partial charge in [0.25, 0.3) is 5.95 Å². The molecule has 0 aromatic carbocycles. The lowest BCUT2D eigenvalue weighted by atomic mass is 10.1. The fraction of sp³-hybridized carbons (Fsp3) is 0.350. The molecule has 0 unspecified atom stereocenters. The number of fused-ring (bicyclic) bond motifs is 1. The summed E-state index contributed by atoms with van der Waals surface area (Å²) in [5.74, 6) is 1.75. The highest BCUT2D eigenvalue weighted by Crippen LogP contribution is 2.30. The third-order valence-corrected chi connectivity index (χ3v) is 5.14. The Bertz CT molecular complexity index is 1160. The molecule has 0 N–H and O–H groups in total. The molecule has 0 atom stereocenters. The van der Waals surface area contributed by atoms with Crippen molar-refractivity contribution in [2.75, 3.05) is 38.3 Å². The number of hydrogen-bond donors (Lipinski definition) is 0. The topological polar surface area (TPSA) is 96.0 Å². The Kier molecular flexibility index (Phi) is 4.75. The summed E-state index contributed by atoms with van der Waals surface area (Å²) in [5, 5.41) is 4.58. The van der Waals surface area contributed by atoms with E-state index in [0.717, 1.165) is 47.7 Å². The van der Waals surface area contributed by atoms with E-state index in [9.17, 15) is 0 Å². The van der Waals surface area contributed by atoms with Crippen LogP contribution in [0.1, 0.15) is 6.92 Å². The predicted octanol–water partition coefficient (Wildman–Crippen LogP) is 1.94.